The molecule has 1 heterocycles. The van der Waals surface area contributed by atoms with Crippen LogP contribution in [0, 0.1) is 0 Å². The number of aliphatic hydroxyl groups is 1. The lowest BCUT2D eigenvalue weighted by Gasteiger charge is -2.16. The number of nitrogens with one attached hydrogen (secondary N) is 1. The molecule has 0 saturated carbocycles. The second-order valence-corrected chi connectivity index (χ2v) is 5.40. The van der Waals surface area contributed by atoms with Crippen LogP contribution in [0.5, 0.6) is 0 Å². The zero-order valence-electron chi connectivity index (χ0n) is 9.36. The maximum absolute atomic E-state index is 11.8. The summed E-state index contributed by atoms with van der Waals surface area (Å²) in [6.07, 6.45) is 1.53. The summed E-state index contributed by atoms with van der Waals surface area (Å²) in [5.41, 5.74) is 0. The highest BCUT2D eigenvalue weighted by molar-refractivity contribution is 7.89. The molecule has 96 valence electrons. The third kappa shape index (κ3) is 3.29. The number of sulfonamides is 1. The first-order valence-electron chi connectivity index (χ1n) is 4.79. The van der Waals surface area contributed by atoms with E-state index in [1.165, 1.54) is 30.0 Å². The molecule has 17 heavy (non-hydrogen) atoms. The topological polar surface area (TPSA) is 109 Å². The Morgan fingerprint density at radius 3 is 2.47 bits per heavy atom. The van der Waals surface area contributed by atoms with Crippen molar-refractivity contribution < 1.29 is 23.4 Å². The van der Waals surface area contributed by atoms with Crippen LogP contribution in [0.4, 0.5) is 0 Å². The van der Waals surface area contributed by atoms with E-state index in [2.05, 4.69) is 0 Å². The number of carboxylic acids is 1. The van der Waals surface area contributed by atoms with Crippen LogP contribution in [0.15, 0.2) is 23.4 Å². The van der Waals surface area contributed by atoms with Gasteiger partial charge in [-0.2, -0.15) is 4.72 Å². The Balaban J connectivity index is 2.97. The summed E-state index contributed by atoms with van der Waals surface area (Å²) in [6, 6.07) is -0.233. The van der Waals surface area contributed by atoms with Gasteiger partial charge in [0.15, 0.2) is 0 Å². The number of carbonyl (C=O) groups is 1. The van der Waals surface area contributed by atoms with Crippen molar-refractivity contribution >= 4 is 16.0 Å². The lowest BCUT2D eigenvalue weighted by atomic mass is 10.2. The highest BCUT2D eigenvalue weighted by Gasteiger charge is 2.29. The fourth-order valence-electron chi connectivity index (χ4n) is 1.23. The lowest BCUT2D eigenvalue weighted by molar-refractivity contribution is -0.141. The molecule has 8 heteroatoms. The molecule has 0 bridgehead atoms. The van der Waals surface area contributed by atoms with E-state index in [9.17, 15) is 18.3 Å². The summed E-state index contributed by atoms with van der Waals surface area (Å²) >= 11 is 0. The van der Waals surface area contributed by atoms with Crippen LogP contribution in [0.2, 0.25) is 0 Å². The molecule has 2 unspecified atom stereocenters. The molecule has 0 aliphatic carbocycles. The number of hydrogen-bond acceptors (Lipinski definition) is 4. The van der Waals surface area contributed by atoms with Crippen molar-refractivity contribution in [3.63, 3.8) is 0 Å². The molecule has 1 aromatic heterocycles. The number of carboxylic acid groups (broad SMARTS) is 1. The molecule has 0 fully saturated rings. The Kier molecular flexibility index (Phi) is 3.91. The maximum Gasteiger partial charge on any atom is 0.324 e. The molecule has 0 radical (unpaired) electrons. The summed E-state index contributed by atoms with van der Waals surface area (Å²) in [7, 11) is -2.30. The molecule has 0 amide bonds. The van der Waals surface area contributed by atoms with Crippen molar-refractivity contribution in [3.8, 4) is 0 Å². The van der Waals surface area contributed by atoms with E-state index in [-0.39, 0.29) is 4.90 Å². The molecule has 7 nitrogen and oxygen atoms in total. The molecule has 0 aliphatic rings. The second kappa shape index (κ2) is 4.86. The van der Waals surface area contributed by atoms with E-state index in [4.69, 9.17) is 5.11 Å². The van der Waals surface area contributed by atoms with Gasteiger partial charge < -0.3 is 14.8 Å². The van der Waals surface area contributed by atoms with E-state index >= 15 is 0 Å². The Hall–Kier alpha value is -1.38. The number of nitrogens with zero attached hydrogens (tertiary/aromatic N) is 1. The van der Waals surface area contributed by atoms with Crippen LogP contribution in [-0.4, -0.2) is 41.3 Å². The fraction of sp³-hybridized carbons (Fsp3) is 0.444. The number of aliphatic hydroxyl groups excluding tert-OH is 1. The lowest BCUT2D eigenvalue weighted by Crippen LogP contribution is -2.47. The standard InChI is InChI=1S/C9H14N2O5S/c1-6(12)8(9(13)14)10-17(15,16)7-3-4-11(2)5-7/h3-6,8,10,12H,1-2H3,(H,13,14). The molecule has 1 rings (SSSR count). The van der Waals surface area contributed by atoms with Gasteiger partial charge in [0.2, 0.25) is 10.0 Å². The normalized spacial score (nSPS) is 15.5. The van der Waals surface area contributed by atoms with E-state index < -0.39 is 28.1 Å². The summed E-state index contributed by atoms with van der Waals surface area (Å²) in [5.74, 6) is -1.43. The molecule has 0 spiro atoms. The minimum atomic E-state index is -3.94. The smallest absolute Gasteiger partial charge is 0.324 e. The van der Waals surface area contributed by atoms with Crippen molar-refractivity contribution in [1.29, 1.82) is 0 Å². The zero-order chi connectivity index (χ0) is 13.2. The minimum Gasteiger partial charge on any atom is -0.480 e. The number of rotatable bonds is 5. The monoisotopic (exact) mass is 262 g/mol. The van der Waals surface area contributed by atoms with Crippen LogP contribution in [0.25, 0.3) is 0 Å². The Bertz CT molecular complexity index is 505. The van der Waals surface area contributed by atoms with Gasteiger partial charge >= 0.3 is 5.97 Å². The van der Waals surface area contributed by atoms with Crippen molar-refractivity contribution in [2.45, 2.75) is 24.0 Å². The first-order chi connectivity index (χ1) is 7.74. The predicted octanol–water partition coefficient (Wildman–Crippen LogP) is -0.863. The van der Waals surface area contributed by atoms with Gasteiger partial charge in [0.1, 0.15) is 6.04 Å². The summed E-state index contributed by atoms with van der Waals surface area (Å²) in [5, 5.41) is 18.0. The molecule has 2 atom stereocenters. The van der Waals surface area contributed by atoms with E-state index in [0.717, 1.165) is 0 Å². The molecule has 3 N–H and O–H groups in total. The number of aromatic nitrogens is 1. The molecular weight excluding hydrogens is 248 g/mol. The van der Waals surface area contributed by atoms with Crippen LogP contribution in [0.1, 0.15) is 6.92 Å². The Labute approximate surface area is 98.7 Å². The first kappa shape index (κ1) is 13.7. The third-order valence-electron chi connectivity index (χ3n) is 2.15. The molecular formula is C9H14N2O5S. The maximum atomic E-state index is 11.8. The molecule has 0 aromatic carbocycles. The van der Waals surface area contributed by atoms with Gasteiger partial charge in [0.05, 0.1) is 11.0 Å². The van der Waals surface area contributed by atoms with Gasteiger partial charge in [-0.05, 0) is 13.0 Å². The largest absolute Gasteiger partial charge is 0.480 e. The Morgan fingerprint density at radius 2 is 2.12 bits per heavy atom. The van der Waals surface area contributed by atoms with Gasteiger partial charge in [0.25, 0.3) is 0 Å². The minimum absolute atomic E-state index is 0.0492. The second-order valence-electron chi connectivity index (χ2n) is 3.69. The SMILES string of the molecule is CC(O)C(NS(=O)(=O)c1ccn(C)c1)C(=O)O. The predicted molar refractivity (Wildman–Crippen MR) is 58.8 cm³/mol. The fourth-order valence-corrected chi connectivity index (χ4v) is 2.54. The number of aliphatic carboxylic acids is 1. The average Bonchev–Trinajstić information content (AvgIpc) is 2.61. The van der Waals surface area contributed by atoms with E-state index in [1.54, 1.807) is 7.05 Å². The van der Waals surface area contributed by atoms with Crippen molar-refractivity contribution in [2.75, 3.05) is 0 Å². The van der Waals surface area contributed by atoms with Crippen molar-refractivity contribution in [2.24, 2.45) is 7.05 Å². The van der Waals surface area contributed by atoms with Gasteiger partial charge in [-0.25, -0.2) is 8.42 Å². The zero-order valence-corrected chi connectivity index (χ0v) is 10.2. The summed E-state index contributed by atoms with van der Waals surface area (Å²) in [4.78, 5) is 10.7. The van der Waals surface area contributed by atoms with Crippen LogP contribution in [0.3, 0.4) is 0 Å². The van der Waals surface area contributed by atoms with Gasteiger partial charge in [0, 0.05) is 19.4 Å². The molecule has 0 saturated heterocycles. The molecule has 0 aliphatic heterocycles. The first-order valence-corrected chi connectivity index (χ1v) is 6.27. The van der Waals surface area contributed by atoms with Gasteiger partial charge in [-0.3, -0.25) is 4.79 Å². The number of aryl methyl sites for hydroxylation is 1. The molecule has 1 aromatic rings. The van der Waals surface area contributed by atoms with Gasteiger partial charge in [-0.15, -0.1) is 0 Å². The van der Waals surface area contributed by atoms with Crippen molar-refractivity contribution in [3.05, 3.63) is 18.5 Å². The van der Waals surface area contributed by atoms with E-state index in [0.29, 0.717) is 0 Å². The summed E-state index contributed by atoms with van der Waals surface area (Å²) < 4.78 is 27.0. The third-order valence-corrected chi connectivity index (χ3v) is 3.57. The highest BCUT2D eigenvalue weighted by Crippen LogP contribution is 2.10. The van der Waals surface area contributed by atoms with Crippen LogP contribution in [-0.2, 0) is 21.9 Å². The van der Waals surface area contributed by atoms with Crippen molar-refractivity contribution in [1.82, 2.24) is 9.29 Å². The van der Waals surface area contributed by atoms with Crippen LogP contribution >= 0.6 is 0 Å². The Morgan fingerprint density at radius 1 is 1.53 bits per heavy atom. The average molecular weight is 262 g/mol. The van der Waals surface area contributed by atoms with Gasteiger partial charge in [-0.1, -0.05) is 0 Å². The number of hydrogen-bond donors (Lipinski definition) is 3. The van der Waals surface area contributed by atoms with E-state index in [1.807, 2.05) is 4.72 Å². The quantitative estimate of drug-likeness (QED) is 0.639. The van der Waals surface area contributed by atoms with Crippen LogP contribution < -0.4 is 4.72 Å². The highest BCUT2D eigenvalue weighted by atomic mass is 32.2. The summed E-state index contributed by atoms with van der Waals surface area (Å²) in [6.45, 7) is 1.20.